The van der Waals surface area contributed by atoms with E-state index in [9.17, 15) is 14.7 Å². The minimum atomic E-state index is -0.836. The molecule has 196 valence electrons. The number of benzene rings is 1. The molecular formula is C32H39NO4. The van der Waals surface area contributed by atoms with E-state index < -0.39 is 5.41 Å². The number of fused-ring (bicyclic) bond motifs is 4. The highest BCUT2D eigenvalue weighted by Crippen LogP contribution is 2.70. The topological polar surface area (TPSA) is 75.6 Å². The van der Waals surface area contributed by atoms with E-state index in [4.69, 9.17) is 4.74 Å². The van der Waals surface area contributed by atoms with Crippen molar-refractivity contribution < 1.29 is 19.4 Å². The van der Waals surface area contributed by atoms with Gasteiger partial charge in [-0.15, -0.1) is 0 Å². The third-order valence-corrected chi connectivity index (χ3v) is 10.0. The number of anilines is 1. The van der Waals surface area contributed by atoms with Crippen LogP contribution in [0.15, 0.2) is 47.1 Å². The summed E-state index contributed by atoms with van der Waals surface area (Å²) >= 11 is 0. The third kappa shape index (κ3) is 4.01. The molecule has 1 aromatic carbocycles. The van der Waals surface area contributed by atoms with E-state index in [1.807, 2.05) is 13.1 Å². The van der Waals surface area contributed by atoms with Crippen molar-refractivity contribution in [2.45, 2.75) is 58.3 Å². The Bertz CT molecular complexity index is 1220. The fraction of sp³-hybridized carbons (Fsp3) is 0.562. The van der Waals surface area contributed by atoms with Gasteiger partial charge in [0.1, 0.15) is 13.2 Å². The first kappa shape index (κ1) is 25.9. The summed E-state index contributed by atoms with van der Waals surface area (Å²) in [4.78, 5) is 26.2. The number of Topliss-reactive ketones (excluding diaryl/α,β-unsaturated/α-hetero) is 1. The molecule has 4 aliphatic carbocycles. The molecule has 2 N–H and O–H groups in total. The number of methoxy groups -OCH3 is 1. The summed E-state index contributed by atoms with van der Waals surface area (Å²) < 4.78 is 5.35. The van der Waals surface area contributed by atoms with Crippen LogP contribution < -0.4 is 5.32 Å². The van der Waals surface area contributed by atoms with Crippen LogP contribution in [0.4, 0.5) is 5.69 Å². The molecule has 2 fully saturated rings. The molecule has 37 heavy (non-hydrogen) atoms. The maximum absolute atomic E-state index is 13.8. The van der Waals surface area contributed by atoms with Crippen LogP contribution in [0.1, 0.15) is 63.9 Å². The second kappa shape index (κ2) is 9.89. The van der Waals surface area contributed by atoms with Gasteiger partial charge in [0.2, 0.25) is 0 Å². The van der Waals surface area contributed by atoms with Gasteiger partial charge in [0.05, 0.1) is 5.41 Å². The quantitative estimate of drug-likeness (QED) is 0.551. The van der Waals surface area contributed by atoms with E-state index in [2.05, 4.69) is 55.3 Å². The average Bonchev–Trinajstić information content (AvgIpc) is 3.20. The molecule has 0 radical (unpaired) electrons. The van der Waals surface area contributed by atoms with Crippen LogP contribution in [0.5, 0.6) is 0 Å². The van der Waals surface area contributed by atoms with E-state index in [1.165, 1.54) is 22.3 Å². The summed E-state index contributed by atoms with van der Waals surface area (Å²) in [7, 11) is 3.49. The lowest BCUT2D eigenvalue weighted by Gasteiger charge is -2.55. The molecular weight excluding hydrogens is 462 g/mol. The Hall–Kier alpha value is -2.68. The first-order chi connectivity index (χ1) is 17.8. The monoisotopic (exact) mass is 501 g/mol. The molecule has 0 aliphatic heterocycles. The molecule has 0 heterocycles. The zero-order valence-corrected chi connectivity index (χ0v) is 22.5. The first-order valence-corrected chi connectivity index (χ1v) is 13.7. The number of nitrogens with one attached hydrogen (secondary N) is 1. The van der Waals surface area contributed by atoms with Crippen molar-refractivity contribution in [2.75, 3.05) is 32.7 Å². The number of rotatable bonds is 5. The van der Waals surface area contributed by atoms with E-state index in [0.717, 1.165) is 31.4 Å². The molecule has 0 amide bonds. The summed E-state index contributed by atoms with van der Waals surface area (Å²) in [5, 5.41) is 12.8. The van der Waals surface area contributed by atoms with Gasteiger partial charge in [-0.2, -0.15) is 0 Å². The van der Waals surface area contributed by atoms with Crippen LogP contribution >= 0.6 is 0 Å². The number of ether oxygens (including phenoxy) is 1. The Morgan fingerprint density at radius 3 is 2.68 bits per heavy atom. The normalized spacial score (nSPS) is 34.5. The van der Waals surface area contributed by atoms with Crippen molar-refractivity contribution in [3.05, 3.63) is 52.6 Å². The lowest BCUT2D eigenvalue weighted by Crippen LogP contribution is -2.52. The number of aliphatic hydroxyl groups excluding tert-OH is 1. The second-order valence-corrected chi connectivity index (χ2v) is 11.7. The highest BCUT2D eigenvalue weighted by molar-refractivity contribution is 5.93. The Balaban J connectivity index is 1.71. The summed E-state index contributed by atoms with van der Waals surface area (Å²) in [6, 6.07) is 8.68. The van der Waals surface area contributed by atoms with Gasteiger partial charge in [-0.3, -0.25) is 9.59 Å². The van der Waals surface area contributed by atoms with Gasteiger partial charge in [0.25, 0.3) is 0 Å². The molecule has 6 atom stereocenters. The molecule has 1 aromatic rings. The predicted octanol–water partition coefficient (Wildman–Crippen LogP) is 5.07. The number of hydrogen-bond acceptors (Lipinski definition) is 5. The van der Waals surface area contributed by atoms with Crippen molar-refractivity contribution in [1.29, 1.82) is 0 Å². The standard InChI is InChI=1S/C32H39NO4/c1-20-16-26-28-12-14-32(13-5-15-34,29(36)19-37-4)31(28,2)18-27(21-6-8-22(33-3)9-7-21)30(26)24-11-10-23(35)17-25(20)24/h6-9,17,20,26-28,33-34H,10-12,14-16,18-19H2,1-4H3/t20?,26-,27+,28-,31-,32-/m0/s1. The largest absolute Gasteiger partial charge is 0.388 e. The Labute approximate surface area is 220 Å². The summed E-state index contributed by atoms with van der Waals surface area (Å²) in [6.07, 6.45) is 6.74. The zero-order valence-electron chi connectivity index (χ0n) is 22.5. The fourth-order valence-electron chi connectivity index (χ4n) is 8.34. The van der Waals surface area contributed by atoms with Crippen LogP contribution in [0, 0.1) is 40.4 Å². The van der Waals surface area contributed by atoms with Crippen LogP contribution in [0.2, 0.25) is 0 Å². The molecule has 0 aromatic heterocycles. The molecule has 0 bridgehead atoms. The maximum Gasteiger partial charge on any atom is 0.176 e. The van der Waals surface area contributed by atoms with Crippen molar-refractivity contribution in [3.8, 4) is 11.8 Å². The van der Waals surface area contributed by atoms with E-state index in [-0.39, 0.29) is 36.1 Å². The lowest BCUT2D eigenvalue weighted by atomic mass is 9.47. The molecule has 1 unspecified atom stereocenters. The highest BCUT2D eigenvalue weighted by Gasteiger charge is 2.65. The van der Waals surface area contributed by atoms with Crippen molar-refractivity contribution in [3.63, 3.8) is 0 Å². The Kier molecular flexibility index (Phi) is 6.94. The number of aliphatic hydroxyl groups is 1. The van der Waals surface area contributed by atoms with Crippen molar-refractivity contribution >= 4 is 17.3 Å². The fourth-order valence-corrected chi connectivity index (χ4v) is 8.34. The van der Waals surface area contributed by atoms with Gasteiger partial charge in [0.15, 0.2) is 11.6 Å². The molecule has 0 spiro atoms. The first-order valence-electron chi connectivity index (χ1n) is 13.7. The molecule has 5 nitrogen and oxygen atoms in total. The minimum Gasteiger partial charge on any atom is -0.388 e. The van der Waals surface area contributed by atoms with Gasteiger partial charge in [-0.25, -0.2) is 0 Å². The number of carbonyl (C=O) groups is 2. The molecule has 5 heteroatoms. The molecule has 5 rings (SSSR count). The molecule has 2 saturated carbocycles. The lowest BCUT2D eigenvalue weighted by molar-refractivity contribution is -0.136. The molecule has 4 aliphatic rings. The van der Waals surface area contributed by atoms with Crippen molar-refractivity contribution in [2.24, 2.45) is 28.6 Å². The van der Waals surface area contributed by atoms with Crippen LogP contribution in [-0.2, 0) is 14.3 Å². The molecule has 0 saturated heterocycles. The number of ketones is 2. The second-order valence-electron chi connectivity index (χ2n) is 11.7. The average molecular weight is 502 g/mol. The third-order valence-electron chi connectivity index (χ3n) is 10.0. The highest BCUT2D eigenvalue weighted by atomic mass is 16.5. The SMILES string of the molecule is CNc1ccc([C@H]2C[C@@]3(C)[C@@H](CC[C@@]3(C#CCO)C(=O)COC)[C@@H]3CC(C)C4=CC(=O)CCC4=C32)cc1. The maximum atomic E-state index is 13.8. The predicted molar refractivity (Wildman–Crippen MR) is 145 cm³/mol. The van der Waals surface area contributed by atoms with Gasteiger partial charge >= 0.3 is 0 Å². The van der Waals surface area contributed by atoms with Crippen molar-refractivity contribution in [1.82, 2.24) is 0 Å². The van der Waals surface area contributed by atoms with E-state index >= 15 is 0 Å². The van der Waals surface area contributed by atoms with E-state index in [0.29, 0.717) is 30.6 Å². The van der Waals surface area contributed by atoms with Gasteiger partial charge < -0.3 is 15.2 Å². The van der Waals surface area contributed by atoms with Gasteiger partial charge in [-0.1, -0.05) is 43.4 Å². The zero-order chi connectivity index (χ0) is 26.4. The van der Waals surface area contributed by atoms with Crippen LogP contribution in [0.3, 0.4) is 0 Å². The van der Waals surface area contributed by atoms with Crippen LogP contribution in [-0.4, -0.2) is 44.0 Å². The summed E-state index contributed by atoms with van der Waals surface area (Å²) in [6.45, 7) is 4.32. The number of allylic oxidation sites excluding steroid dienone is 4. The van der Waals surface area contributed by atoms with Crippen LogP contribution in [0.25, 0.3) is 0 Å². The smallest absolute Gasteiger partial charge is 0.176 e. The summed E-state index contributed by atoms with van der Waals surface area (Å²) in [5.41, 5.74) is 5.28. The number of hydrogen-bond donors (Lipinski definition) is 2. The van der Waals surface area contributed by atoms with E-state index in [1.54, 1.807) is 7.11 Å². The minimum absolute atomic E-state index is 0.0357. The summed E-state index contributed by atoms with van der Waals surface area (Å²) in [5.74, 6) is 7.61. The van der Waals surface area contributed by atoms with Gasteiger partial charge in [0, 0.05) is 32.2 Å². The Morgan fingerprint density at radius 2 is 2.00 bits per heavy atom. The van der Waals surface area contributed by atoms with Gasteiger partial charge in [-0.05, 0) is 90.2 Å². The number of carbonyl (C=O) groups excluding carboxylic acids is 2. The Morgan fingerprint density at radius 1 is 1.24 bits per heavy atom.